The van der Waals surface area contributed by atoms with Gasteiger partial charge in [-0.1, -0.05) is 31.2 Å². The Balaban J connectivity index is 2.11. The molecule has 2 nitrogen and oxygen atoms in total. The normalized spacial score (nSPS) is 12.8. The van der Waals surface area contributed by atoms with Crippen LogP contribution in [-0.2, 0) is 6.54 Å². The predicted molar refractivity (Wildman–Crippen MR) is 78.0 cm³/mol. The maximum atomic E-state index is 5.80. The summed E-state index contributed by atoms with van der Waals surface area (Å²) >= 11 is 5.80. The van der Waals surface area contributed by atoms with Crippen molar-refractivity contribution in [1.82, 2.24) is 10.3 Å². The van der Waals surface area contributed by atoms with Crippen LogP contribution in [0.2, 0.25) is 0 Å². The second-order valence-electron chi connectivity index (χ2n) is 4.46. The van der Waals surface area contributed by atoms with Crippen LogP contribution in [0.15, 0.2) is 36.5 Å². The van der Waals surface area contributed by atoms with Gasteiger partial charge in [-0.25, -0.2) is 0 Å². The van der Waals surface area contributed by atoms with Gasteiger partial charge in [0.15, 0.2) is 0 Å². The first-order valence-corrected chi connectivity index (χ1v) is 7.00. The molecule has 0 spiro atoms. The van der Waals surface area contributed by atoms with Gasteiger partial charge >= 0.3 is 0 Å². The van der Waals surface area contributed by atoms with E-state index in [1.54, 1.807) is 0 Å². The van der Waals surface area contributed by atoms with Crippen molar-refractivity contribution in [3.05, 3.63) is 42.1 Å². The lowest BCUT2D eigenvalue weighted by atomic mass is 10.1. The smallest absolute Gasteiger partial charge is 0.0746 e. The summed E-state index contributed by atoms with van der Waals surface area (Å²) in [6, 6.07) is 10.9. The van der Waals surface area contributed by atoms with Crippen LogP contribution in [0.3, 0.4) is 0 Å². The molecular weight excluding hydrogens is 244 g/mol. The van der Waals surface area contributed by atoms with Gasteiger partial charge in [0.05, 0.1) is 5.52 Å². The first-order chi connectivity index (χ1) is 8.85. The number of pyridine rings is 1. The minimum Gasteiger partial charge on any atom is -0.310 e. The number of para-hydroxylation sites is 1. The molecule has 96 valence electrons. The Morgan fingerprint density at radius 1 is 1.28 bits per heavy atom. The predicted octanol–water partition coefficient (Wildman–Crippen LogP) is 3.73. The number of aromatic nitrogens is 1. The SMILES string of the molecule is CCC(CCCl)NCc1cccc2cccnc12. The third-order valence-electron chi connectivity index (χ3n) is 3.25. The summed E-state index contributed by atoms with van der Waals surface area (Å²) in [5, 5.41) is 4.75. The second-order valence-corrected chi connectivity index (χ2v) is 4.83. The Kier molecular flexibility index (Phi) is 4.97. The highest BCUT2D eigenvalue weighted by atomic mass is 35.5. The molecule has 0 saturated carbocycles. The number of alkyl halides is 1. The van der Waals surface area contributed by atoms with Crippen LogP contribution in [0, 0.1) is 0 Å². The molecule has 0 aliphatic heterocycles. The van der Waals surface area contributed by atoms with Gasteiger partial charge in [0.25, 0.3) is 0 Å². The highest BCUT2D eigenvalue weighted by Gasteiger charge is 2.06. The molecule has 0 amide bonds. The molecule has 0 fully saturated rings. The van der Waals surface area contributed by atoms with E-state index in [2.05, 4.69) is 41.5 Å². The average molecular weight is 263 g/mol. The fourth-order valence-corrected chi connectivity index (χ4v) is 2.41. The van der Waals surface area contributed by atoms with Crippen molar-refractivity contribution >= 4 is 22.5 Å². The Bertz CT molecular complexity index is 493. The first kappa shape index (κ1) is 13.3. The molecular formula is C15H19ClN2. The molecule has 1 unspecified atom stereocenters. The summed E-state index contributed by atoms with van der Waals surface area (Å²) in [5.74, 6) is 0.708. The van der Waals surface area contributed by atoms with Crippen molar-refractivity contribution in [2.75, 3.05) is 5.88 Å². The van der Waals surface area contributed by atoms with Crippen molar-refractivity contribution in [3.63, 3.8) is 0 Å². The fourth-order valence-electron chi connectivity index (χ4n) is 2.15. The van der Waals surface area contributed by atoms with Crippen LogP contribution >= 0.6 is 11.6 Å². The molecule has 0 saturated heterocycles. The van der Waals surface area contributed by atoms with Gasteiger partial charge < -0.3 is 5.32 Å². The summed E-state index contributed by atoms with van der Waals surface area (Å²) in [6.07, 6.45) is 3.96. The molecule has 3 heteroatoms. The zero-order valence-electron chi connectivity index (χ0n) is 10.7. The second kappa shape index (κ2) is 6.72. The molecule has 18 heavy (non-hydrogen) atoms. The average Bonchev–Trinajstić information content (AvgIpc) is 2.43. The highest BCUT2D eigenvalue weighted by Crippen LogP contribution is 2.16. The number of hydrogen-bond donors (Lipinski definition) is 1. The maximum absolute atomic E-state index is 5.80. The van der Waals surface area contributed by atoms with E-state index < -0.39 is 0 Å². The Hall–Kier alpha value is -1.12. The van der Waals surface area contributed by atoms with E-state index in [9.17, 15) is 0 Å². The maximum Gasteiger partial charge on any atom is 0.0746 e. The summed E-state index contributed by atoms with van der Waals surface area (Å²) in [7, 11) is 0. The quantitative estimate of drug-likeness (QED) is 0.803. The molecule has 0 radical (unpaired) electrons. The van der Waals surface area contributed by atoms with Crippen LogP contribution in [-0.4, -0.2) is 16.9 Å². The lowest BCUT2D eigenvalue weighted by Crippen LogP contribution is -2.28. The third kappa shape index (κ3) is 3.21. The summed E-state index contributed by atoms with van der Waals surface area (Å²) < 4.78 is 0. The largest absolute Gasteiger partial charge is 0.310 e. The van der Waals surface area contributed by atoms with Crippen molar-refractivity contribution in [2.24, 2.45) is 0 Å². The number of halogens is 1. The summed E-state index contributed by atoms with van der Waals surface area (Å²) in [4.78, 5) is 4.46. The lowest BCUT2D eigenvalue weighted by Gasteiger charge is -2.16. The molecule has 1 heterocycles. The van der Waals surface area contributed by atoms with E-state index in [0.717, 1.165) is 24.9 Å². The van der Waals surface area contributed by atoms with Gasteiger partial charge in [0.1, 0.15) is 0 Å². The van der Waals surface area contributed by atoms with E-state index in [-0.39, 0.29) is 0 Å². The van der Waals surface area contributed by atoms with Crippen LogP contribution in [0.4, 0.5) is 0 Å². The zero-order chi connectivity index (χ0) is 12.8. The van der Waals surface area contributed by atoms with Gasteiger partial charge in [-0.15, -0.1) is 11.6 Å². The molecule has 1 aromatic carbocycles. The fraction of sp³-hybridized carbons (Fsp3) is 0.400. The molecule has 2 rings (SSSR count). The number of nitrogens with one attached hydrogen (secondary N) is 1. The van der Waals surface area contributed by atoms with E-state index in [0.29, 0.717) is 11.9 Å². The van der Waals surface area contributed by atoms with Crippen LogP contribution in [0.25, 0.3) is 10.9 Å². The van der Waals surface area contributed by atoms with Crippen molar-refractivity contribution in [2.45, 2.75) is 32.4 Å². The van der Waals surface area contributed by atoms with Gasteiger partial charge in [0.2, 0.25) is 0 Å². The Morgan fingerprint density at radius 2 is 2.11 bits per heavy atom. The van der Waals surface area contributed by atoms with E-state index >= 15 is 0 Å². The summed E-state index contributed by atoms with van der Waals surface area (Å²) in [6.45, 7) is 3.04. The Labute approximate surface area is 113 Å². The van der Waals surface area contributed by atoms with Crippen LogP contribution in [0.5, 0.6) is 0 Å². The molecule has 2 aromatic rings. The molecule has 0 aliphatic carbocycles. The minimum atomic E-state index is 0.487. The van der Waals surface area contributed by atoms with Crippen molar-refractivity contribution in [1.29, 1.82) is 0 Å². The minimum absolute atomic E-state index is 0.487. The standard InChI is InChI=1S/C15H19ClN2/c1-2-14(8-9-16)18-11-13-6-3-5-12-7-4-10-17-15(12)13/h3-7,10,14,18H,2,8-9,11H2,1H3. The molecule has 1 N–H and O–H groups in total. The topological polar surface area (TPSA) is 24.9 Å². The number of benzene rings is 1. The first-order valence-electron chi connectivity index (χ1n) is 6.47. The number of rotatable bonds is 6. The molecule has 0 aliphatic rings. The van der Waals surface area contributed by atoms with Gasteiger partial charge in [-0.05, 0) is 24.5 Å². The highest BCUT2D eigenvalue weighted by molar-refractivity contribution is 6.17. The zero-order valence-corrected chi connectivity index (χ0v) is 11.5. The van der Waals surface area contributed by atoms with Crippen molar-refractivity contribution in [3.8, 4) is 0 Å². The van der Waals surface area contributed by atoms with E-state index in [1.165, 1.54) is 10.9 Å². The van der Waals surface area contributed by atoms with Gasteiger partial charge in [0, 0.05) is 30.0 Å². The third-order valence-corrected chi connectivity index (χ3v) is 3.47. The number of fused-ring (bicyclic) bond motifs is 1. The molecule has 0 bridgehead atoms. The van der Waals surface area contributed by atoms with E-state index in [1.807, 2.05) is 12.3 Å². The van der Waals surface area contributed by atoms with Crippen LogP contribution < -0.4 is 5.32 Å². The molecule has 1 atom stereocenters. The van der Waals surface area contributed by atoms with Gasteiger partial charge in [-0.3, -0.25) is 4.98 Å². The van der Waals surface area contributed by atoms with Crippen molar-refractivity contribution < 1.29 is 0 Å². The Morgan fingerprint density at radius 3 is 2.89 bits per heavy atom. The monoisotopic (exact) mass is 262 g/mol. The number of nitrogens with zero attached hydrogens (tertiary/aromatic N) is 1. The number of hydrogen-bond acceptors (Lipinski definition) is 2. The van der Waals surface area contributed by atoms with E-state index in [4.69, 9.17) is 11.6 Å². The molecule has 1 aromatic heterocycles. The van der Waals surface area contributed by atoms with Crippen LogP contribution in [0.1, 0.15) is 25.3 Å². The van der Waals surface area contributed by atoms with Gasteiger partial charge in [-0.2, -0.15) is 0 Å². The lowest BCUT2D eigenvalue weighted by molar-refractivity contribution is 0.487. The summed E-state index contributed by atoms with van der Waals surface area (Å²) in [5.41, 5.74) is 2.34.